The lowest BCUT2D eigenvalue weighted by atomic mass is 9.95. The van der Waals surface area contributed by atoms with Crippen molar-refractivity contribution in [3.63, 3.8) is 0 Å². The number of piperazine rings is 1. The Balaban J connectivity index is 1.62. The van der Waals surface area contributed by atoms with Gasteiger partial charge in [-0.05, 0) is 58.2 Å². The van der Waals surface area contributed by atoms with Crippen molar-refractivity contribution < 1.29 is 14.1 Å². The van der Waals surface area contributed by atoms with Gasteiger partial charge in [0.15, 0.2) is 17.2 Å². The average Bonchev–Trinajstić information content (AvgIpc) is 2.98. The molecule has 0 aliphatic carbocycles. The van der Waals surface area contributed by atoms with E-state index in [4.69, 9.17) is 26.3 Å². The fourth-order valence-corrected chi connectivity index (χ4v) is 6.93. The van der Waals surface area contributed by atoms with E-state index in [0.717, 1.165) is 39.2 Å². The average molecular weight is 628 g/mol. The number of nitrogens with zero attached hydrogens (tertiary/aromatic N) is 6. The van der Waals surface area contributed by atoms with Crippen LogP contribution in [0.15, 0.2) is 54.0 Å². The third kappa shape index (κ3) is 5.17. The van der Waals surface area contributed by atoms with Gasteiger partial charge in [0.05, 0.1) is 5.02 Å². The van der Waals surface area contributed by atoms with Gasteiger partial charge < -0.3 is 14.5 Å². The molecule has 0 spiro atoms. The van der Waals surface area contributed by atoms with Crippen molar-refractivity contribution in [1.29, 1.82) is 0 Å². The molecule has 1 fully saturated rings. The van der Waals surface area contributed by atoms with Crippen LogP contribution >= 0.6 is 11.6 Å². The lowest BCUT2D eigenvalue weighted by Crippen LogP contribution is -2.56. The first-order valence-corrected chi connectivity index (χ1v) is 15.9. The van der Waals surface area contributed by atoms with Crippen LogP contribution in [0.3, 0.4) is 0 Å². The number of anilines is 1. The van der Waals surface area contributed by atoms with Crippen molar-refractivity contribution >= 4 is 40.6 Å². The Hall–Kier alpha value is -4.24. The molecule has 45 heavy (non-hydrogen) atoms. The maximum absolute atomic E-state index is 14.3. The van der Waals surface area contributed by atoms with Gasteiger partial charge in [0.25, 0.3) is 0 Å². The second-order valence-electron chi connectivity index (χ2n) is 13.2. The molecule has 3 aromatic heterocycles. The van der Waals surface area contributed by atoms with Crippen LogP contribution in [0, 0.1) is 0 Å². The van der Waals surface area contributed by atoms with Gasteiger partial charge in [0.2, 0.25) is 0 Å². The van der Waals surface area contributed by atoms with Gasteiger partial charge in [0, 0.05) is 43.0 Å². The van der Waals surface area contributed by atoms with Gasteiger partial charge in [-0.2, -0.15) is 4.98 Å². The summed E-state index contributed by atoms with van der Waals surface area (Å²) in [6.45, 7) is 19.3. The number of aromatic nitrogens is 4. The summed E-state index contributed by atoms with van der Waals surface area (Å²) in [4.78, 5) is 40.6. The SMILES string of the molecule is C=Cc1ccccc1-c1c(Cl)cc2c(N3CCN(C(=O)OC(C)(C)C)C[C@@H]3C)nc(=O)n3c2[n+]1C(C)c1nccc(C(C)C)c1-3. The van der Waals surface area contributed by atoms with Crippen molar-refractivity contribution in [2.45, 2.75) is 72.1 Å². The summed E-state index contributed by atoms with van der Waals surface area (Å²) in [6, 6.07) is 11.5. The minimum atomic E-state index is -0.587. The van der Waals surface area contributed by atoms with Crippen LogP contribution in [0.2, 0.25) is 5.02 Å². The van der Waals surface area contributed by atoms with E-state index >= 15 is 0 Å². The van der Waals surface area contributed by atoms with Crippen LogP contribution in [0.25, 0.3) is 34.1 Å². The van der Waals surface area contributed by atoms with Crippen molar-refractivity contribution in [2.24, 2.45) is 0 Å². The molecule has 2 aliphatic rings. The van der Waals surface area contributed by atoms with E-state index in [0.29, 0.717) is 36.1 Å². The molecule has 9 nitrogen and oxygen atoms in total. The lowest BCUT2D eigenvalue weighted by Gasteiger charge is -2.41. The highest BCUT2D eigenvalue weighted by Crippen LogP contribution is 2.40. The molecule has 0 bridgehead atoms. The molecular formula is C35H40ClN6O3+. The van der Waals surface area contributed by atoms with E-state index in [1.165, 1.54) is 0 Å². The summed E-state index contributed by atoms with van der Waals surface area (Å²) >= 11 is 7.24. The normalized spacial score (nSPS) is 17.9. The Labute approximate surface area is 268 Å². The molecule has 1 saturated heterocycles. The number of carbonyl (C=O) groups excluding carboxylic acids is 1. The molecule has 2 atom stereocenters. The molecule has 6 rings (SSSR count). The van der Waals surface area contributed by atoms with Gasteiger partial charge in [-0.25, -0.2) is 14.2 Å². The molecule has 1 amide bonds. The van der Waals surface area contributed by atoms with Gasteiger partial charge in [-0.15, -0.1) is 4.57 Å². The summed E-state index contributed by atoms with van der Waals surface area (Å²) in [5, 5.41) is 1.29. The van der Waals surface area contributed by atoms with E-state index in [9.17, 15) is 9.59 Å². The predicted octanol–water partition coefficient (Wildman–Crippen LogP) is 6.52. The minimum absolute atomic E-state index is 0.133. The van der Waals surface area contributed by atoms with Crippen molar-refractivity contribution in [2.75, 3.05) is 24.5 Å². The lowest BCUT2D eigenvalue weighted by molar-refractivity contribution is -0.679. The molecule has 1 unspecified atom stereocenters. The first-order valence-electron chi connectivity index (χ1n) is 15.5. The predicted molar refractivity (Wildman–Crippen MR) is 178 cm³/mol. The topological polar surface area (TPSA) is 84.4 Å². The fraction of sp³-hybridized carbons (Fsp3) is 0.400. The Morgan fingerprint density at radius 3 is 2.58 bits per heavy atom. The van der Waals surface area contributed by atoms with E-state index in [-0.39, 0.29) is 29.8 Å². The van der Waals surface area contributed by atoms with Crippen LogP contribution in [-0.4, -0.2) is 56.8 Å². The molecule has 4 aromatic rings. The molecule has 0 saturated carbocycles. The van der Waals surface area contributed by atoms with Crippen LogP contribution < -0.4 is 15.2 Å². The standard InChI is InChI=1S/C35H40ClN6O3/c1-9-23-12-10-11-13-25(23)29-27(36)18-26-31(40-17-16-39(19-21(40)4)34(44)45-35(6,7)8)38-33(43)42-30-24(20(2)3)14-15-37-28(30)22(5)41(29)32(26)42/h9-15,18,20-22H,1,16-17,19H2,2-8H3/q+1/t21-,22?/m0/s1. The first-order chi connectivity index (χ1) is 21.3. The number of rotatable bonds is 4. The smallest absolute Gasteiger partial charge is 0.442 e. The van der Waals surface area contributed by atoms with E-state index in [1.807, 2.05) is 76.4 Å². The van der Waals surface area contributed by atoms with E-state index in [1.54, 1.807) is 9.47 Å². The molecule has 10 heteroatoms. The van der Waals surface area contributed by atoms with Crippen molar-refractivity contribution in [3.05, 3.63) is 81.5 Å². The van der Waals surface area contributed by atoms with Crippen molar-refractivity contribution in [1.82, 2.24) is 19.4 Å². The number of benzene rings is 1. The highest BCUT2D eigenvalue weighted by atomic mass is 35.5. The maximum Gasteiger partial charge on any atom is 0.442 e. The summed E-state index contributed by atoms with van der Waals surface area (Å²) in [5.41, 5.74) is 4.95. The first kappa shape index (κ1) is 30.8. The Morgan fingerprint density at radius 1 is 1.18 bits per heavy atom. The minimum Gasteiger partial charge on any atom is -0.444 e. The summed E-state index contributed by atoms with van der Waals surface area (Å²) in [6.07, 6.45) is 3.28. The number of pyridine rings is 2. The van der Waals surface area contributed by atoms with Crippen molar-refractivity contribution in [3.8, 4) is 16.9 Å². The maximum atomic E-state index is 14.3. The summed E-state index contributed by atoms with van der Waals surface area (Å²) in [5.74, 6) is 0.698. The number of carbonyl (C=O) groups is 1. The van der Waals surface area contributed by atoms with Gasteiger partial charge in [-0.1, -0.05) is 62.4 Å². The highest BCUT2D eigenvalue weighted by molar-refractivity contribution is 6.33. The molecule has 1 aromatic carbocycles. The number of hydrogen-bond acceptors (Lipinski definition) is 6. The number of fused-ring (bicyclic) bond motifs is 2. The molecule has 5 heterocycles. The number of ether oxygens (including phenoxy) is 1. The quantitative estimate of drug-likeness (QED) is 0.240. The summed E-state index contributed by atoms with van der Waals surface area (Å²) < 4.78 is 9.49. The largest absolute Gasteiger partial charge is 0.444 e. The van der Waals surface area contributed by atoms with Crippen LogP contribution in [-0.2, 0) is 4.74 Å². The molecule has 234 valence electrons. The third-order valence-corrected chi connectivity index (χ3v) is 8.94. The van der Waals surface area contributed by atoms with Crippen LogP contribution in [0.5, 0.6) is 0 Å². The zero-order valence-electron chi connectivity index (χ0n) is 27.0. The monoisotopic (exact) mass is 627 g/mol. The Morgan fingerprint density at radius 2 is 1.91 bits per heavy atom. The molecular weight excluding hydrogens is 588 g/mol. The van der Waals surface area contributed by atoms with E-state index < -0.39 is 5.60 Å². The zero-order valence-corrected chi connectivity index (χ0v) is 27.7. The summed E-state index contributed by atoms with van der Waals surface area (Å²) in [7, 11) is 0. The van der Waals surface area contributed by atoms with Crippen LogP contribution in [0.1, 0.15) is 77.2 Å². The zero-order chi connectivity index (χ0) is 32.4. The number of halogens is 1. The molecule has 0 radical (unpaired) electrons. The molecule has 0 N–H and O–H groups in total. The Kier molecular flexibility index (Phi) is 7.72. The van der Waals surface area contributed by atoms with Gasteiger partial charge >= 0.3 is 17.4 Å². The molecule has 2 aliphatic heterocycles. The number of amides is 1. The third-order valence-electron chi connectivity index (χ3n) is 8.65. The highest BCUT2D eigenvalue weighted by Gasteiger charge is 2.41. The second-order valence-corrected chi connectivity index (χ2v) is 13.6. The fourth-order valence-electron chi connectivity index (χ4n) is 6.63. The van der Waals surface area contributed by atoms with Gasteiger partial charge in [0.1, 0.15) is 22.7 Å². The van der Waals surface area contributed by atoms with Gasteiger partial charge in [-0.3, -0.25) is 4.98 Å². The van der Waals surface area contributed by atoms with E-state index in [2.05, 4.69) is 36.8 Å². The van der Waals surface area contributed by atoms with Crippen LogP contribution in [0.4, 0.5) is 10.6 Å². The number of hydrogen-bond donors (Lipinski definition) is 0. The second kappa shape index (κ2) is 11.3. The Bertz CT molecular complexity index is 1910.